The highest BCUT2D eigenvalue weighted by atomic mass is 16.2. The molecular weight excluding hydrogens is 118 g/mol. The lowest BCUT2D eigenvalue weighted by Crippen LogP contribution is -2.42. The number of nitrogens with two attached hydrogens (primary N) is 1. The number of likely N-dealkylation sites (N-methyl/N-ethyl adjacent to an activating group) is 1. The highest BCUT2D eigenvalue weighted by molar-refractivity contribution is 5.78. The van der Waals surface area contributed by atoms with Crippen LogP contribution < -0.4 is 16.4 Å². The number of nitrogens with one attached hydrogen (secondary N) is 2. The molecule has 0 saturated carbocycles. The van der Waals surface area contributed by atoms with Gasteiger partial charge in [-0.25, -0.2) is 0 Å². The first-order valence-electron chi connectivity index (χ1n) is 2.86. The van der Waals surface area contributed by atoms with E-state index in [0.29, 0.717) is 6.54 Å². The number of carbonyl (C=O) groups excluding carboxylic acids is 1. The standard InChI is InChI=1S/C5H13N3O/c1-4(6)8-5(9)3-7-2/h4,7H,3,6H2,1-2H3,(H,8,9). The molecule has 0 aliphatic heterocycles. The van der Waals surface area contributed by atoms with Crippen molar-refractivity contribution in [2.24, 2.45) is 5.73 Å². The van der Waals surface area contributed by atoms with Crippen LogP contribution in [0, 0.1) is 0 Å². The van der Waals surface area contributed by atoms with Crippen LogP contribution in [0.3, 0.4) is 0 Å². The summed E-state index contributed by atoms with van der Waals surface area (Å²) in [7, 11) is 1.71. The van der Waals surface area contributed by atoms with Gasteiger partial charge in [-0.2, -0.15) is 0 Å². The number of hydrogen-bond donors (Lipinski definition) is 3. The molecule has 1 unspecified atom stereocenters. The average molecular weight is 131 g/mol. The van der Waals surface area contributed by atoms with Gasteiger partial charge >= 0.3 is 0 Å². The fourth-order valence-corrected chi connectivity index (χ4v) is 0.466. The number of hydrogen-bond acceptors (Lipinski definition) is 3. The van der Waals surface area contributed by atoms with Crippen LogP contribution in [0.4, 0.5) is 0 Å². The van der Waals surface area contributed by atoms with E-state index in [9.17, 15) is 4.79 Å². The molecule has 0 bridgehead atoms. The molecule has 1 amide bonds. The van der Waals surface area contributed by atoms with Gasteiger partial charge in [-0.1, -0.05) is 0 Å². The Balaban J connectivity index is 3.27. The lowest BCUT2D eigenvalue weighted by molar-refractivity contribution is -0.120. The molecule has 0 rings (SSSR count). The second-order valence-corrected chi connectivity index (χ2v) is 1.89. The van der Waals surface area contributed by atoms with Crippen LogP contribution in [-0.4, -0.2) is 25.7 Å². The molecule has 0 aliphatic rings. The molecule has 1 atom stereocenters. The summed E-state index contributed by atoms with van der Waals surface area (Å²) in [6.07, 6.45) is -0.258. The van der Waals surface area contributed by atoms with Gasteiger partial charge in [0.15, 0.2) is 0 Å². The Kier molecular flexibility index (Phi) is 4.00. The quantitative estimate of drug-likeness (QED) is 0.414. The third kappa shape index (κ3) is 5.26. The Morgan fingerprint density at radius 2 is 2.33 bits per heavy atom. The molecule has 54 valence electrons. The molecule has 0 fully saturated rings. The highest BCUT2D eigenvalue weighted by Crippen LogP contribution is 1.65. The number of amides is 1. The van der Waals surface area contributed by atoms with Crippen molar-refractivity contribution in [1.82, 2.24) is 10.6 Å². The van der Waals surface area contributed by atoms with Gasteiger partial charge in [0.05, 0.1) is 12.7 Å². The van der Waals surface area contributed by atoms with E-state index in [1.54, 1.807) is 14.0 Å². The molecule has 0 spiro atoms. The maximum atomic E-state index is 10.6. The third-order valence-electron chi connectivity index (χ3n) is 0.726. The van der Waals surface area contributed by atoms with Gasteiger partial charge in [0.25, 0.3) is 0 Å². The Labute approximate surface area is 54.8 Å². The molecule has 4 nitrogen and oxygen atoms in total. The summed E-state index contributed by atoms with van der Waals surface area (Å²) in [6, 6.07) is 0. The summed E-state index contributed by atoms with van der Waals surface area (Å²) < 4.78 is 0. The largest absolute Gasteiger partial charge is 0.340 e. The van der Waals surface area contributed by atoms with Crippen LogP contribution in [-0.2, 0) is 4.79 Å². The van der Waals surface area contributed by atoms with E-state index in [4.69, 9.17) is 5.73 Å². The van der Waals surface area contributed by atoms with E-state index in [-0.39, 0.29) is 12.1 Å². The van der Waals surface area contributed by atoms with Crippen LogP contribution >= 0.6 is 0 Å². The van der Waals surface area contributed by atoms with Crippen molar-refractivity contribution in [2.75, 3.05) is 13.6 Å². The topological polar surface area (TPSA) is 67.2 Å². The SMILES string of the molecule is CNCC(=O)NC(C)N. The smallest absolute Gasteiger partial charge is 0.235 e. The highest BCUT2D eigenvalue weighted by Gasteiger charge is 1.98. The predicted molar refractivity (Wildman–Crippen MR) is 35.7 cm³/mol. The van der Waals surface area contributed by atoms with Crippen molar-refractivity contribution >= 4 is 5.91 Å². The normalized spacial score (nSPS) is 12.8. The Morgan fingerprint density at radius 3 is 2.67 bits per heavy atom. The predicted octanol–water partition coefficient (Wildman–Crippen LogP) is -1.37. The van der Waals surface area contributed by atoms with E-state index in [2.05, 4.69) is 10.6 Å². The molecule has 4 N–H and O–H groups in total. The third-order valence-corrected chi connectivity index (χ3v) is 0.726. The zero-order valence-electron chi connectivity index (χ0n) is 5.77. The van der Waals surface area contributed by atoms with Gasteiger partial charge in [-0.15, -0.1) is 0 Å². The van der Waals surface area contributed by atoms with Crippen LogP contribution in [0.1, 0.15) is 6.92 Å². The second-order valence-electron chi connectivity index (χ2n) is 1.89. The summed E-state index contributed by atoms with van der Waals surface area (Å²) in [5.74, 6) is -0.0764. The fourth-order valence-electron chi connectivity index (χ4n) is 0.466. The van der Waals surface area contributed by atoms with Crippen molar-refractivity contribution in [3.05, 3.63) is 0 Å². The molecule has 0 aromatic heterocycles. The Hall–Kier alpha value is -0.610. The van der Waals surface area contributed by atoms with Crippen LogP contribution in [0.25, 0.3) is 0 Å². The molecule has 0 aromatic rings. The molecule has 0 radical (unpaired) electrons. The van der Waals surface area contributed by atoms with Crippen LogP contribution in [0.15, 0.2) is 0 Å². The average Bonchev–Trinajstić information content (AvgIpc) is 1.63. The molecule has 0 aliphatic carbocycles. The Bertz CT molecular complexity index is 92.2. The minimum Gasteiger partial charge on any atom is -0.340 e. The minimum absolute atomic E-state index is 0.0764. The monoisotopic (exact) mass is 131 g/mol. The first kappa shape index (κ1) is 8.39. The number of rotatable bonds is 3. The molecule has 0 saturated heterocycles. The van der Waals surface area contributed by atoms with E-state index >= 15 is 0 Å². The van der Waals surface area contributed by atoms with Crippen molar-refractivity contribution < 1.29 is 4.79 Å². The maximum Gasteiger partial charge on any atom is 0.235 e. The zero-order valence-corrected chi connectivity index (χ0v) is 5.77. The van der Waals surface area contributed by atoms with E-state index < -0.39 is 0 Å². The van der Waals surface area contributed by atoms with E-state index in [0.717, 1.165) is 0 Å². The second kappa shape index (κ2) is 4.29. The minimum atomic E-state index is -0.258. The van der Waals surface area contributed by atoms with Gasteiger partial charge in [-0.05, 0) is 14.0 Å². The lowest BCUT2D eigenvalue weighted by atomic mass is 10.5. The van der Waals surface area contributed by atoms with Gasteiger partial charge in [-0.3, -0.25) is 4.79 Å². The van der Waals surface area contributed by atoms with Gasteiger partial charge < -0.3 is 16.4 Å². The van der Waals surface area contributed by atoms with Crippen molar-refractivity contribution in [2.45, 2.75) is 13.1 Å². The summed E-state index contributed by atoms with van der Waals surface area (Å²) in [5, 5.41) is 5.23. The van der Waals surface area contributed by atoms with Crippen molar-refractivity contribution in [1.29, 1.82) is 0 Å². The molecule has 4 heteroatoms. The van der Waals surface area contributed by atoms with Crippen LogP contribution in [0.2, 0.25) is 0 Å². The summed E-state index contributed by atoms with van der Waals surface area (Å²) in [5.41, 5.74) is 5.26. The van der Waals surface area contributed by atoms with E-state index in [1.165, 1.54) is 0 Å². The van der Waals surface area contributed by atoms with Crippen LogP contribution in [0.5, 0.6) is 0 Å². The molecule has 0 aromatic carbocycles. The zero-order chi connectivity index (χ0) is 7.28. The molecule has 9 heavy (non-hydrogen) atoms. The van der Waals surface area contributed by atoms with E-state index in [1.807, 2.05) is 0 Å². The Morgan fingerprint density at radius 1 is 1.78 bits per heavy atom. The van der Waals surface area contributed by atoms with Gasteiger partial charge in [0.1, 0.15) is 0 Å². The first-order chi connectivity index (χ1) is 4.16. The fraction of sp³-hybridized carbons (Fsp3) is 0.800. The molecular formula is C5H13N3O. The molecule has 0 heterocycles. The number of carbonyl (C=O) groups is 1. The van der Waals surface area contributed by atoms with Gasteiger partial charge in [0.2, 0.25) is 5.91 Å². The van der Waals surface area contributed by atoms with Crippen molar-refractivity contribution in [3.8, 4) is 0 Å². The summed E-state index contributed by atoms with van der Waals surface area (Å²) in [4.78, 5) is 10.6. The lowest BCUT2D eigenvalue weighted by Gasteiger charge is -2.06. The summed E-state index contributed by atoms with van der Waals surface area (Å²) in [6.45, 7) is 2.04. The van der Waals surface area contributed by atoms with Gasteiger partial charge in [0, 0.05) is 0 Å². The maximum absolute atomic E-state index is 10.6. The van der Waals surface area contributed by atoms with Crippen molar-refractivity contribution in [3.63, 3.8) is 0 Å². The summed E-state index contributed by atoms with van der Waals surface area (Å²) >= 11 is 0. The first-order valence-corrected chi connectivity index (χ1v) is 2.86.